The number of primary amides is 1. The summed E-state index contributed by atoms with van der Waals surface area (Å²) in [6.07, 6.45) is -0.120. The van der Waals surface area contributed by atoms with Gasteiger partial charge in [0.05, 0.1) is 12.5 Å². The lowest BCUT2D eigenvalue weighted by molar-refractivity contribution is -0.142. The molecule has 36 heavy (non-hydrogen) atoms. The minimum atomic E-state index is -1.37. The number of phenols is 1. The number of rotatable bonds is 14. The Labute approximate surface area is 210 Å². The molecule has 0 saturated heterocycles. The van der Waals surface area contributed by atoms with Crippen molar-refractivity contribution in [3.05, 3.63) is 29.8 Å². The molecule has 12 nitrogen and oxygen atoms in total. The van der Waals surface area contributed by atoms with Crippen LogP contribution in [0.25, 0.3) is 0 Å². The van der Waals surface area contributed by atoms with Crippen molar-refractivity contribution in [1.29, 1.82) is 0 Å². The van der Waals surface area contributed by atoms with E-state index in [1.165, 1.54) is 24.3 Å². The lowest BCUT2D eigenvalue weighted by Crippen LogP contribution is -2.59. The maximum Gasteiger partial charge on any atom is 0.326 e. The smallest absolute Gasteiger partial charge is 0.326 e. The van der Waals surface area contributed by atoms with Gasteiger partial charge in [0, 0.05) is 6.42 Å². The molecule has 0 aromatic heterocycles. The molecule has 200 valence electrons. The van der Waals surface area contributed by atoms with Crippen LogP contribution >= 0.6 is 0 Å². The predicted molar refractivity (Wildman–Crippen MR) is 131 cm³/mol. The molecule has 0 saturated carbocycles. The first-order chi connectivity index (χ1) is 16.8. The second-order valence-corrected chi connectivity index (χ2v) is 9.14. The van der Waals surface area contributed by atoms with E-state index in [0.29, 0.717) is 12.0 Å². The predicted octanol–water partition coefficient (Wildman–Crippen LogP) is -0.621. The summed E-state index contributed by atoms with van der Waals surface area (Å²) < 4.78 is 0. The highest BCUT2D eigenvalue weighted by Gasteiger charge is 2.33. The van der Waals surface area contributed by atoms with Crippen LogP contribution in [0.3, 0.4) is 0 Å². The van der Waals surface area contributed by atoms with E-state index in [0.717, 1.165) is 0 Å². The van der Waals surface area contributed by atoms with Crippen LogP contribution in [-0.4, -0.2) is 64.0 Å². The highest BCUT2D eigenvalue weighted by molar-refractivity contribution is 5.96. The Hall–Kier alpha value is -3.67. The van der Waals surface area contributed by atoms with E-state index >= 15 is 0 Å². The van der Waals surface area contributed by atoms with Crippen molar-refractivity contribution in [3.8, 4) is 5.75 Å². The fourth-order valence-corrected chi connectivity index (χ4v) is 3.27. The maximum absolute atomic E-state index is 13.1. The monoisotopic (exact) mass is 507 g/mol. The molecule has 1 aromatic rings. The van der Waals surface area contributed by atoms with Crippen LogP contribution in [0, 0.1) is 11.8 Å². The standard InChI is InChI=1S/C24H37N5O7/c1-5-13(4)20(23(34)28-17(24(35)36)10-14-6-8-15(30)9-7-14)29-21(32)16(11-18(25)31)27-22(33)19(26)12(2)3/h6-9,12-13,16-17,19-20,30H,5,10-11,26H2,1-4H3,(H2,25,31)(H,27,33)(H,28,34)(H,29,32)(H,35,36). The molecule has 0 bridgehead atoms. The summed E-state index contributed by atoms with van der Waals surface area (Å²) in [7, 11) is 0. The summed E-state index contributed by atoms with van der Waals surface area (Å²) in [5, 5.41) is 26.4. The topological polar surface area (TPSA) is 214 Å². The molecule has 9 N–H and O–H groups in total. The zero-order valence-electron chi connectivity index (χ0n) is 21.0. The minimum absolute atomic E-state index is 0.0150. The zero-order valence-corrected chi connectivity index (χ0v) is 21.0. The van der Waals surface area contributed by atoms with Gasteiger partial charge in [0.15, 0.2) is 0 Å². The number of nitrogens with two attached hydrogens (primary N) is 2. The number of nitrogens with one attached hydrogen (secondary N) is 3. The summed E-state index contributed by atoms with van der Waals surface area (Å²) in [5.41, 5.74) is 11.6. The van der Waals surface area contributed by atoms with Gasteiger partial charge in [-0.2, -0.15) is 0 Å². The number of carbonyl (C=O) groups excluding carboxylic acids is 4. The lowest BCUT2D eigenvalue weighted by atomic mass is 9.96. The van der Waals surface area contributed by atoms with Crippen LogP contribution in [-0.2, 0) is 30.4 Å². The van der Waals surface area contributed by atoms with E-state index in [1.54, 1.807) is 27.7 Å². The van der Waals surface area contributed by atoms with Gasteiger partial charge in [0.25, 0.3) is 0 Å². The number of carbonyl (C=O) groups is 5. The zero-order chi connectivity index (χ0) is 27.6. The number of amides is 4. The number of hydrogen-bond acceptors (Lipinski definition) is 7. The second-order valence-electron chi connectivity index (χ2n) is 9.14. The average molecular weight is 508 g/mol. The Balaban J connectivity index is 3.06. The third kappa shape index (κ3) is 9.53. The van der Waals surface area contributed by atoms with Crippen molar-refractivity contribution in [3.63, 3.8) is 0 Å². The Bertz CT molecular complexity index is 935. The highest BCUT2D eigenvalue weighted by Crippen LogP contribution is 2.13. The van der Waals surface area contributed by atoms with Crippen molar-refractivity contribution >= 4 is 29.6 Å². The Morgan fingerprint density at radius 3 is 1.92 bits per heavy atom. The van der Waals surface area contributed by atoms with Gasteiger partial charge in [0.2, 0.25) is 23.6 Å². The molecule has 0 aliphatic heterocycles. The summed E-state index contributed by atoms with van der Waals surface area (Å²) in [6.45, 7) is 6.91. The fourth-order valence-electron chi connectivity index (χ4n) is 3.27. The van der Waals surface area contributed by atoms with Gasteiger partial charge in [-0.15, -0.1) is 0 Å². The molecule has 0 fully saturated rings. The molecule has 1 rings (SSSR count). The number of phenolic OH excluding ortho intramolecular Hbond substituents is 1. The molecular formula is C24H37N5O7. The summed E-state index contributed by atoms with van der Waals surface area (Å²) >= 11 is 0. The van der Waals surface area contributed by atoms with Crippen molar-refractivity contribution in [2.75, 3.05) is 0 Å². The van der Waals surface area contributed by atoms with Crippen molar-refractivity contribution in [2.45, 2.75) is 71.1 Å². The van der Waals surface area contributed by atoms with Gasteiger partial charge < -0.3 is 37.6 Å². The number of hydrogen-bond donors (Lipinski definition) is 7. The molecule has 0 heterocycles. The van der Waals surface area contributed by atoms with Gasteiger partial charge in [-0.25, -0.2) is 4.79 Å². The average Bonchev–Trinajstić information content (AvgIpc) is 2.81. The van der Waals surface area contributed by atoms with Gasteiger partial charge in [-0.1, -0.05) is 46.2 Å². The van der Waals surface area contributed by atoms with E-state index in [4.69, 9.17) is 11.5 Å². The molecule has 5 unspecified atom stereocenters. The van der Waals surface area contributed by atoms with Crippen LogP contribution < -0.4 is 27.4 Å². The largest absolute Gasteiger partial charge is 0.508 e. The van der Waals surface area contributed by atoms with Gasteiger partial charge in [-0.05, 0) is 29.5 Å². The minimum Gasteiger partial charge on any atom is -0.508 e. The van der Waals surface area contributed by atoms with Crippen molar-refractivity contribution < 1.29 is 34.2 Å². The van der Waals surface area contributed by atoms with E-state index in [1.807, 2.05) is 0 Å². The molecular weight excluding hydrogens is 470 g/mol. The highest BCUT2D eigenvalue weighted by atomic mass is 16.4. The van der Waals surface area contributed by atoms with Crippen molar-refractivity contribution in [1.82, 2.24) is 16.0 Å². The second kappa shape index (κ2) is 14.0. The number of aliphatic carboxylic acids is 1. The van der Waals surface area contributed by atoms with Crippen LogP contribution in [0.4, 0.5) is 0 Å². The first kappa shape index (κ1) is 30.4. The summed E-state index contributed by atoms with van der Waals surface area (Å²) in [5.74, 6) is -5.00. The molecule has 5 atom stereocenters. The molecule has 0 radical (unpaired) electrons. The molecule has 0 aliphatic rings. The Kier molecular flexibility index (Phi) is 11.8. The van der Waals surface area contributed by atoms with Gasteiger partial charge in [-0.3, -0.25) is 19.2 Å². The fraction of sp³-hybridized carbons (Fsp3) is 0.542. The van der Waals surface area contributed by atoms with E-state index in [2.05, 4.69) is 16.0 Å². The van der Waals surface area contributed by atoms with E-state index in [9.17, 15) is 34.2 Å². The van der Waals surface area contributed by atoms with Gasteiger partial charge in [0.1, 0.15) is 23.9 Å². The molecule has 4 amide bonds. The van der Waals surface area contributed by atoms with Crippen molar-refractivity contribution in [2.24, 2.45) is 23.3 Å². The molecule has 1 aromatic carbocycles. The SMILES string of the molecule is CCC(C)C(NC(=O)C(CC(N)=O)NC(=O)C(N)C(C)C)C(=O)NC(Cc1ccc(O)cc1)C(=O)O. The third-order valence-corrected chi connectivity index (χ3v) is 5.84. The molecule has 0 spiro atoms. The molecule has 12 heteroatoms. The number of aromatic hydroxyl groups is 1. The Morgan fingerprint density at radius 1 is 0.889 bits per heavy atom. The van der Waals surface area contributed by atoms with Gasteiger partial charge >= 0.3 is 5.97 Å². The van der Waals surface area contributed by atoms with Crippen LogP contribution in [0.2, 0.25) is 0 Å². The normalized spacial score (nSPS) is 15.2. The first-order valence-corrected chi connectivity index (χ1v) is 11.7. The van der Waals surface area contributed by atoms with Crippen LogP contribution in [0.15, 0.2) is 24.3 Å². The quantitative estimate of drug-likeness (QED) is 0.172. The number of carboxylic acid groups (broad SMARTS) is 1. The lowest BCUT2D eigenvalue weighted by Gasteiger charge is -2.28. The number of carboxylic acids is 1. The maximum atomic E-state index is 13.1. The summed E-state index contributed by atoms with van der Waals surface area (Å²) in [6, 6.07) is 1.09. The molecule has 0 aliphatic carbocycles. The summed E-state index contributed by atoms with van der Waals surface area (Å²) in [4.78, 5) is 61.8. The first-order valence-electron chi connectivity index (χ1n) is 11.7. The van der Waals surface area contributed by atoms with E-state index in [-0.39, 0.29) is 18.1 Å². The van der Waals surface area contributed by atoms with E-state index < -0.39 is 66.1 Å². The third-order valence-electron chi connectivity index (χ3n) is 5.84. The van der Waals surface area contributed by atoms with Crippen LogP contribution in [0.1, 0.15) is 46.1 Å². The Morgan fingerprint density at radius 2 is 1.44 bits per heavy atom. The van der Waals surface area contributed by atoms with Crippen LogP contribution in [0.5, 0.6) is 5.75 Å². The number of benzene rings is 1.